The molecule has 0 spiro atoms. The zero-order valence-corrected chi connectivity index (χ0v) is 20.5. The first kappa shape index (κ1) is 22.8. The molecule has 0 atom stereocenters. The normalized spacial score (nSPS) is 14.1. The lowest BCUT2D eigenvalue weighted by molar-refractivity contribution is -0.128. The maximum Gasteiger partial charge on any atom is 0.232 e. The third-order valence-corrected chi connectivity index (χ3v) is 7.40. The highest BCUT2D eigenvalue weighted by molar-refractivity contribution is 7.99. The lowest BCUT2D eigenvalue weighted by Gasteiger charge is -2.36. The molecule has 1 aliphatic rings. The maximum absolute atomic E-state index is 12.7. The second-order valence-corrected chi connectivity index (χ2v) is 9.81. The van der Waals surface area contributed by atoms with E-state index in [9.17, 15) is 4.79 Å². The fourth-order valence-corrected chi connectivity index (χ4v) is 5.04. The zero-order chi connectivity index (χ0) is 22.5. The number of carbonyl (C=O) groups excluding carboxylic acids is 1. The number of rotatable bonds is 7. The fraction of sp³-hybridized carbons (Fsp3) is 0.360. The van der Waals surface area contributed by atoms with Gasteiger partial charge in [0.25, 0.3) is 0 Å². The minimum absolute atomic E-state index is 0.201. The average molecular weight is 468 g/mol. The van der Waals surface area contributed by atoms with E-state index in [0.29, 0.717) is 17.4 Å². The highest BCUT2D eigenvalue weighted by Crippen LogP contribution is 2.26. The Morgan fingerprint density at radius 1 is 1.00 bits per heavy atom. The van der Waals surface area contributed by atoms with Crippen molar-refractivity contribution in [1.29, 1.82) is 0 Å². The summed E-state index contributed by atoms with van der Waals surface area (Å²) in [6.07, 6.45) is 2.06. The molecule has 5 nitrogen and oxygen atoms in total. The molecule has 2 heterocycles. The van der Waals surface area contributed by atoms with E-state index >= 15 is 0 Å². The summed E-state index contributed by atoms with van der Waals surface area (Å²) in [5.74, 6) is 2.81. The molecule has 0 saturated carbocycles. The number of hydrogen-bond acceptors (Lipinski definition) is 6. The first-order chi connectivity index (χ1) is 15.5. The summed E-state index contributed by atoms with van der Waals surface area (Å²) >= 11 is 3.32. The van der Waals surface area contributed by atoms with Crippen LogP contribution in [0.1, 0.15) is 17.0 Å². The minimum Gasteiger partial charge on any atom is -0.441 e. The molecule has 32 heavy (non-hydrogen) atoms. The van der Waals surface area contributed by atoms with E-state index < -0.39 is 0 Å². The van der Waals surface area contributed by atoms with Crippen LogP contribution in [0.4, 0.5) is 5.69 Å². The predicted molar refractivity (Wildman–Crippen MR) is 135 cm³/mol. The van der Waals surface area contributed by atoms with E-state index in [1.165, 1.54) is 16.1 Å². The predicted octanol–water partition coefficient (Wildman–Crippen LogP) is 5.26. The van der Waals surface area contributed by atoms with E-state index in [2.05, 4.69) is 59.5 Å². The summed E-state index contributed by atoms with van der Waals surface area (Å²) in [7, 11) is 0. The lowest BCUT2D eigenvalue weighted by Crippen LogP contribution is -2.49. The Labute approximate surface area is 198 Å². The first-order valence-electron chi connectivity index (χ1n) is 10.8. The van der Waals surface area contributed by atoms with Crippen molar-refractivity contribution in [1.82, 2.24) is 9.88 Å². The topological polar surface area (TPSA) is 49.6 Å². The molecule has 4 rings (SSSR count). The highest BCUT2D eigenvalue weighted by atomic mass is 32.2. The Bertz CT molecular complexity index is 1040. The number of amides is 1. The van der Waals surface area contributed by atoms with Gasteiger partial charge in [-0.1, -0.05) is 17.7 Å². The van der Waals surface area contributed by atoms with Crippen LogP contribution in [0.15, 0.2) is 57.8 Å². The van der Waals surface area contributed by atoms with Crippen molar-refractivity contribution in [2.75, 3.05) is 43.1 Å². The van der Waals surface area contributed by atoms with Crippen molar-refractivity contribution < 1.29 is 9.21 Å². The van der Waals surface area contributed by atoms with E-state index in [0.717, 1.165) is 43.2 Å². The van der Waals surface area contributed by atoms with Gasteiger partial charge in [-0.2, -0.15) is 0 Å². The molecule has 1 aliphatic heterocycles. The van der Waals surface area contributed by atoms with Gasteiger partial charge in [-0.25, -0.2) is 4.98 Å². The Balaban J connectivity index is 1.25. The molecule has 0 unspecified atom stereocenters. The van der Waals surface area contributed by atoms with Crippen LogP contribution in [0.5, 0.6) is 0 Å². The quantitative estimate of drug-likeness (QED) is 0.442. The number of hydrogen-bond donors (Lipinski definition) is 0. The second-order valence-electron chi connectivity index (χ2n) is 7.95. The molecule has 1 amide bonds. The molecule has 0 aliphatic carbocycles. The third-order valence-electron chi connectivity index (χ3n) is 5.73. The Kier molecular flexibility index (Phi) is 7.48. The van der Waals surface area contributed by atoms with E-state index in [1.807, 2.05) is 24.0 Å². The number of benzene rings is 2. The minimum atomic E-state index is 0.201. The Hall–Kier alpha value is -2.38. The number of oxazole rings is 1. The number of carbonyl (C=O) groups is 1. The molecule has 3 aromatic rings. The Morgan fingerprint density at radius 3 is 2.34 bits per heavy atom. The van der Waals surface area contributed by atoms with Crippen LogP contribution >= 0.6 is 23.5 Å². The molecular formula is C25H29N3O2S2. The highest BCUT2D eigenvalue weighted by Gasteiger charge is 2.21. The number of nitrogens with zero attached hydrogens (tertiary/aromatic N) is 3. The number of piperazine rings is 1. The van der Waals surface area contributed by atoms with Crippen LogP contribution < -0.4 is 4.90 Å². The zero-order valence-electron chi connectivity index (χ0n) is 18.8. The number of aryl methyl sites for hydroxylation is 2. The van der Waals surface area contributed by atoms with Gasteiger partial charge in [0, 0.05) is 48.1 Å². The summed E-state index contributed by atoms with van der Waals surface area (Å²) in [4.78, 5) is 22.9. The number of aromatic nitrogens is 1. The van der Waals surface area contributed by atoms with Crippen LogP contribution in [0.2, 0.25) is 0 Å². The molecule has 1 saturated heterocycles. The molecule has 168 valence electrons. The van der Waals surface area contributed by atoms with E-state index in [-0.39, 0.29) is 5.91 Å². The largest absolute Gasteiger partial charge is 0.441 e. The SMILES string of the molecule is CSc1ccc(-c2nc(CSCC(=O)N3CCN(c4ccc(C)cc4)CC3)c(C)o2)cc1. The monoisotopic (exact) mass is 467 g/mol. The van der Waals surface area contributed by atoms with Crippen LogP contribution in [0.25, 0.3) is 11.5 Å². The molecule has 1 aromatic heterocycles. The smallest absolute Gasteiger partial charge is 0.232 e. The van der Waals surface area contributed by atoms with Gasteiger partial charge in [0.05, 0.1) is 11.4 Å². The van der Waals surface area contributed by atoms with Crippen LogP contribution in [-0.2, 0) is 10.5 Å². The summed E-state index contributed by atoms with van der Waals surface area (Å²) in [5.41, 5.74) is 4.39. The fourth-order valence-electron chi connectivity index (χ4n) is 3.71. The van der Waals surface area contributed by atoms with E-state index in [4.69, 9.17) is 4.42 Å². The maximum atomic E-state index is 12.7. The third kappa shape index (κ3) is 5.51. The molecule has 2 aromatic carbocycles. The van der Waals surface area contributed by atoms with Crippen molar-refractivity contribution in [3.63, 3.8) is 0 Å². The lowest BCUT2D eigenvalue weighted by atomic mass is 10.2. The van der Waals surface area contributed by atoms with Crippen molar-refractivity contribution in [2.24, 2.45) is 0 Å². The number of thioether (sulfide) groups is 2. The van der Waals surface area contributed by atoms with Crippen molar-refractivity contribution in [3.05, 3.63) is 65.5 Å². The average Bonchev–Trinajstić information content (AvgIpc) is 3.20. The molecule has 0 radical (unpaired) electrons. The van der Waals surface area contributed by atoms with Gasteiger partial charge in [0.2, 0.25) is 11.8 Å². The van der Waals surface area contributed by atoms with Crippen molar-refractivity contribution in [3.8, 4) is 11.5 Å². The summed E-state index contributed by atoms with van der Waals surface area (Å²) in [6.45, 7) is 7.33. The van der Waals surface area contributed by atoms with Gasteiger partial charge in [0.1, 0.15) is 5.76 Å². The van der Waals surface area contributed by atoms with Crippen molar-refractivity contribution >= 4 is 35.1 Å². The van der Waals surface area contributed by atoms with Gasteiger partial charge in [-0.15, -0.1) is 23.5 Å². The molecular weight excluding hydrogens is 438 g/mol. The molecule has 1 fully saturated rings. The second kappa shape index (κ2) is 10.5. The standard InChI is InChI=1S/C25H29N3O2S2/c1-18-4-8-21(9-5-18)27-12-14-28(15-13-27)24(29)17-32-16-23-19(2)30-25(26-23)20-6-10-22(31-3)11-7-20/h4-11H,12-17H2,1-3H3. The van der Waals surface area contributed by atoms with Gasteiger partial charge >= 0.3 is 0 Å². The summed E-state index contributed by atoms with van der Waals surface area (Å²) in [5, 5.41) is 0. The molecule has 0 N–H and O–H groups in total. The van der Waals surface area contributed by atoms with Gasteiger partial charge in [0.15, 0.2) is 0 Å². The number of anilines is 1. The summed E-state index contributed by atoms with van der Waals surface area (Å²) in [6, 6.07) is 16.8. The first-order valence-corrected chi connectivity index (χ1v) is 13.2. The summed E-state index contributed by atoms with van der Waals surface area (Å²) < 4.78 is 5.88. The Morgan fingerprint density at radius 2 is 1.69 bits per heavy atom. The van der Waals surface area contributed by atoms with Gasteiger partial charge < -0.3 is 14.2 Å². The van der Waals surface area contributed by atoms with Gasteiger partial charge in [-0.3, -0.25) is 4.79 Å². The molecule has 0 bridgehead atoms. The van der Waals surface area contributed by atoms with Crippen LogP contribution in [-0.4, -0.2) is 54.0 Å². The van der Waals surface area contributed by atoms with E-state index in [1.54, 1.807) is 23.5 Å². The van der Waals surface area contributed by atoms with Crippen molar-refractivity contribution in [2.45, 2.75) is 24.5 Å². The molecule has 7 heteroatoms. The van der Waals surface area contributed by atoms with Crippen LogP contribution in [0, 0.1) is 13.8 Å². The van der Waals surface area contributed by atoms with Gasteiger partial charge in [-0.05, 0) is 56.5 Å². The van der Waals surface area contributed by atoms with Crippen LogP contribution in [0.3, 0.4) is 0 Å².